The highest BCUT2D eigenvalue weighted by Gasteiger charge is 2.22. The lowest BCUT2D eigenvalue weighted by Gasteiger charge is -2.24. The first-order valence-corrected chi connectivity index (χ1v) is 4.87. The van der Waals surface area contributed by atoms with Crippen molar-refractivity contribution in [2.75, 3.05) is 7.11 Å². The molecule has 0 fully saturated rings. The monoisotopic (exact) mass is 198 g/mol. The van der Waals surface area contributed by atoms with E-state index in [-0.39, 0.29) is 6.10 Å². The zero-order valence-electron chi connectivity index (χ0n) is 8.93. The highest BCUT2D eigenvalue weighted by atomic mass is 16.5. The molecule has 0 amide bonds. The molecule has 3 nitrogen and oxygen atoms in total. The predicted molar refractivity (Wildman–Crippen MR) is 54.1 cm³/mol. The molecule has 1 heterocycles. The number of methoxy groups -OCH3 is 1. The lowest BCUT2D eigenvalue weighted by molar-refractivity contribution is -0.0368. The number of rotatable bonds is 5. The van der Waals surface area contributed by atoms with Crippen LogP contribution in [0.5, 0.6) is 0 Å². The Morgan fingerprint density at radius 3 is 2.64 bits per heavy atom. The van der Waals surface area contributed by atoms with Crippen LogP contribution in [0.2, 0.25) is 0 Å². The van der Waals surface area contributed by atoms with Gasteiger partial charge < -0.3 is 14.3 Å². The van der Waals surface area contributed by atoms with E-state index in [0.717, 1.165) is 5.56 Å². The highest BCUT2D eigenvalue weighted by Crippen LogP contribution is 2.14. The van der Waals surface area contributed by atoms with Crippen molar-refractivity contribution >= 4 is 0 Å². The van der Waals surface area contributed by atoms with E-state index >= 15 is 0 Å². The van der Waals surface area contributed by atoms with Gasteiger partial charge in [0.05, 0.1) is 24.7 Å². The Kier molecular flexibility index (Phi) is 4.17. The topological polar surface area (TPSA) is 42.6 Å². The first kappa shape index (κ1) is 11.3. The minimum Gasteiger partial charge on any atom is -0.472 e. The molecule has 0 saturated carbocycles. The van der Waals surface area contributed by atoms with Crippen molar-refractivity contribution < 1.29 is 14.3 Å². The second-order valence-corrected chi connectivity index (χ2v) is 3.85. The van der Waals surface area contributed by atoms with Crippen LogP contribution in [0.1, 0.15) is 19.4 Å². The molecule has 0 aliphatic carbocycles. The van der Waals surface area contributed by atoms with Crippen molar-refractivity contribution in [1.29, 1.82) is 0 Å². The zero-order chi connectivity index (χ0) is 10.6. The Balaban J connectivity index is 2.51. The summed E-state index contributed by atoms with van der Waals surface area (Å²) < 4.78 is 10.2. The van der Waals surface area contributed by atoms with E-state index in [0.29, 0.717) is 12.3 Å². The van der Waals surface area contributed by atoms with Gasteiger partial charge in [-0.25, -0.2) is 0 Å². The fraction of sp³-hybridized carbons (Fsp3) is 0.636. The van der Waals surface area contributed by atoms with Crippen LogP contribution in [-0.4, -0.2) is 24.4 Å². The van der Waals surface area contributed by atoms with Crippen LogP contribution in [0.4, 0.5) is 0 Å². The van der Waals surface area contributed by atoms with Gasteiger partial charge in [-0.1, -0.05) is 13.8 Å². The Labute approximate surface area is 84.7 Å². The van der Waals surface area contributed by atoms with Gasteiger partial charge in [-0.05, 0) is 17.5 Å². The largest absolute Gasteiger partial charge is 0.472 e. The van der Waals surface area contributed by atoms with Crippen LogP contribution in [0.15, 0.2) is 23.0 Å². The molecule has 1 N–H and O–H groups in total. The van der Waals surface area contributed by atoms with Crippen molar-refractivity contribution in [2.45, 2.75) is 32.5 Å². The summed E-state index contributed by atoms with van der Waals surface area (Å²) >= 11 is 0. The van der Waals surface area contributed by atoms with Gasteiger partial charge >= 0.3 is 0 Å². The van der Waals surface area contributed by atoms with Crippen LogP contribution in [0.3, 0.4) is 0 Å². The van der Waals surface area contributed by atoms with Crippen molar-refractivity contribution in [2.24, 2.45) is 5.92 Å². The molecule has 1 rings (SSSR count). The van der Waals surface area contributed by atoms with Gasteiger partial charge in [0.2, 0.25) is 0 Å². The summed E-state index contributed by atoms with van der Waals surface area (Å²) in [4.78, 5) is 0. The maximum atomic E-state index is 9.88. The molecule has 14 heavy (non-hydrogen) atoms. The maximum Gasteiger partial charge on any atom is 0.0935 e. The second kappa shape index (κ2) is 5.17. The fourth-order valence-corrected chi connectivity index (χ4v) is 1.64. The summed E-state index contributed by atoms with van der Waals surface area (Å²) in [7, 11) is 1.63. The fourth-order valence-electron chi connectivity index (χ4n) is 1.64. The summed E-state index contributed by atoms with van der Waals surface area (Å²) in [5.74, 6) is 0.307. The maximum absolute atomic E-state index is 9.88. The van der Waals surface area contributed by atoms with Gasteiger partial charge in [0.15, 0.2) is 0 Å². The molecular weight excluding hydrogens is 180 g/mol. The average Bonchev–Trinajstić information content (AvgIpc) is 2.57. The quantitative estimate of drug-likeness (QED) is 0.785. The van der Waals surface area contributed by atoms with E-state index < -0.39 is 6.10 Å². The molecule has 2 unspecified atom stereocenters. The van der Waals surface area contributed by atoms with Crippen LogP contribution in [0, 0.1) is 5.92 Å². The number of hydrogen-bond donors (Lipinski definition) is 1. The summed E-state index contributed by atoms with van der Waals surface area (Å²) in [5, 5.41) is 9.88. The van der Waals surface area contributed by atoms with Crippen LogP contribution in [0.25, 0.3) is 0 Å². The number of hydrogen-bond acceptors (Lipinski definition) is 3. The smallest absolute Gasteiger partial charge is 0.0935 e. The molecule has 0 aliphatic rings. The summed E-state index contributed by atoms with van der Waals surface area (Å²) in [6.07, 6.45) is 3.24. The van der Waals surface area contributed by atoms with E-state index in [1.807, 2.05) is 19.9 Å². The van der Waals surface area contributed by atoms with Crippen molar-refractivity contribution in [3.8, 4) is 0 Å². The third-order valence-corrected chi connectivity index (χ3v) is 2.33. The molecule has 0 bridgehead atoms. The van der Waals surface area contributed by atoms with E-state index in [1.165, 1.54) is 0 Å². The lowest BCUT2D eigenvalue weighted by atomic mass is 9.97. The van der Waals surface area contributed by atoms with E-state index in [2.05, 4.69) is 0 Å². The van der Waals surface area contributed by atoms with E-state index in [4.69, 9.17) is 9.15 Å². The number of aliphatic hydroxyl groups is 1. The third kappa shape index (κ3) is 2.86. The predicted octanol–water partition coefficient (Wildman–Crippen LogP) is 1.85. The van der Waals surface area contributed by atoms with Crippen molar-refractivity contribution in [1.82, 2.24) is 0 Å². The summed E-state index contributed by atoms with van der Waals surface area (Å²) in [6.45, 7) is 4.07. The van der Waals surface area contributed by atoms with Gasteiger partial charge in [-0.3, -0.25) is 0 Å². The molecule has 3 heteroatoms. The summed E-state index contributed by atoms with van der Waals surface area (Å²) in [6, 6.07) is 1.86. The standard InChI is InChI=1S/C11H18O3/c1-8(2)11(13-3)10(12)6-9-4-5-14-7-9/h4-5,7-8,10-12H,6H2,1-3H3. The Morgan fingerprint density at radius 1 is 1.50 bits per heavy atom. The molecule has 0 aromatic carbocycles. The Morgan fingerprint density at radius 2 is 2.21 bits per heavy atom. The first-order valence-electron chi connectivity index (χ1n) is 4.87. The summed E-state index contributed by atoms with van der Waals surface area (Å²) in [5.41, 5.74) is 1.00. The molecule has 0 aliphatic heterocycles. The number of ether oxygens (including phenoxy) is 1. The van der Waals surface area contributed by atoms with Crippen LogP contribution >= 0.6 is 0 Å². The van der Waals surface area contributed by atoms with E-state index in [9.17, 15) is 5.11 Å². The molecule has 0 radical (unpaired) electrons. The van der Waals surface area contributed by atoms with Gasteiger partial charge in [-0.15, -0.1) is 0 Å². The third-order valence-electron chi connectivity index (χ3n) is 2.33. The Hall–Kier alpha value is -0.800. The molecule has 0 saturated heterocycles. The zero-order valence-corrected chi connectivity index (χ0v) is 8.93. The normalized spacial score (nSPS) is 15.8. The minimum absolute atomic E-state index is 0.120. The molecule has 1 aromatic rings. The van der Waals surface area contributed by atoms with Crippen molar-refractivity contribution in [3.63, 3.8) is 0 Å². The lowest BCUT2D eigenvalue weighted by Crippen LogP contribution is -2.34. The average molecular weight is 198 g/mol. The van der Waals surface area contributed by atoms with Gasteiger partial charge in [-0.2, -0.15) is 0 Å². The molecule has 1 aromatic heterocycles. The number of furan rings is 1. The highest BCUT2D eigenvalue weighted by molar-refractivity contribution is 5.07. The second-order valence-electron chi connectivity index (χ2n) is 3.85. The van der Waals surface area contributed by atoms with Gasteiger partial charge in [0.25, 0.3) is 0 Å². The minimum atomic E-state index is -0.474. The Bertz CT molecular complexity index is 241. The van der Waals surface area contributed by atoms with Gasteiger partial charge in [0.1, 0.15) is 0 Å². The SMILES string of the molecule is COC(C(C)C)C(O)Cc1ccoc1. The van der Waals surface area contributed by atoms with Crippen LogP contribution in [-0.2, 0) is 11.2 Å². The van der Waals surface area contributed by atoms with Crippen LogP contribution < -0.4 is 0 Å². The van der Waals surface area contributed by atoms with E-state index in [1.54, 1.807) is 19.6 Å². The number of aliphatic hydroxyl groups excluding tert-OH is 1. The molecule has 80 valence electrons. The molecular formula is C11H18O3. The van der Waals surface area contributed by atoms with Gasteiger partial charge in [0, 0.05) is 13.5 Å². The molecule has 0 spiro atoms. The molecule has 2 atom stereocenters. The first-order chi connectivity index (χ1) is 6.65. The van der Waals surface area contributed by atoms with Crippen molar-refractivity contribution in [3.05, 3.63) is 24.2 Å².